The molecule has 1 aliphatic carbocycles. The fourth-order valence-corrected chi connectivity index (χ4v) is 4.97. The maximum Gasteiger partial charge on any atom is 0.314 e. The number of aryl methyl sites for hydroxylation is 1. The number of ether oxygens (including phenoxy) is 1. The molecule has 35 heavy (non-hydrogen) atoms. The monoisotopic (exact) mass is 475 g/mol. The Morgan fingerprint density at radius 2 is 1.60 bits per heavy atom. The number of hydrogen-bond acceptors (Lipinski definition) is 5. The number of esters is 1. The molecule has 3 rings (SSSR count). The van der Waals surface area contributed by atoms with Crippen molar-refractivity contribution in [2.24, 2.45) is 11.3 Å². The fraction of sp³-hybridized carbons (Fsp3) is 0.600. The zero-order valence-corrected chi connectivity index (χ0v) is 21.6. The van der Waals surface area contributed by atoms with Crippen LogP contribution < -0.4 is 4.74 Å². The highest BCUT2D eigenvalue weighted by molar-refractivity contribution is 5.75. The van der Waals surface area contributed by atoms with Crippen molar-refractivity contribution < 1.29 is 9.53 Å². The second-order valence-corrected chi connectivity index (χ2v) is 10.1. The van der Waals surface area contributed by atoms with E-state index in [1.807, 2.05) is 36.7 Å². The number of carbonyl (C=O) groups excluding carboxylic acids is 1. The van der Waals surface area contributed by atoms with Crippen LogP contribution in [0.4, 0.5) is 0 Å². The van der Waals surface area contributed by atoms with Gasteiger partial charge in [0.1, 0.15) is 5.75 Å². The van der Waals surface area contributed by atoms with E-state index in [9.17, 15) is 10.1 Å². The van der Waals surface area contributed by atoms with Gasteiger partial charge in [-0.1, -0.05) is 58.8 Å². The summed E-state index contributed by atoms with van der Waals surface area (Å²) in [4.78, 5) is 21.8. The molecule has 0 N–H and O–H groups in total. The fourth-order valence-electron chi connectivity index (χ4n) is 4.97. The van der Waals surface area contributed by atoms with Gasteiger partial charge in [-0.05, 0) is 74.8 Å². The largest absolute Gasteiger partial charge is 0.426 e. The summed E-state index contributed by atoms with van der Waals surface area (Å²) in [6.45, 7) is 4.42. The molecule has 0 spiro atoms. The predicted octanol–water partition coefficient (Wildman–Crippen LogP) is 7.84. The second-order valence-electron chi connectivity index (χ2n) is 10.1. The zero-order valence-electron chi connectivity index (χ0n) is 21.6. The van der Waals surface area contributed by atoms with Crippen LogP contribution in [0.5, 0.6) is 5.75 Å². The third-order valence-corrected chi connectivity index (χ3v) is 7.38. The van der Waals surface area contributed by atoms with Crippen LogP contribution in [0.3, 0.4) is 0 Å². The lowest BCUT2D eigenvalue weighted by Crippen LogP contribution is -2.31. The van der Waals surface area contributed by atoms with Gasteiger partial charge in [0.15, 0.2) is 5.82 Å². The molecule has 1 aliphatic rings. The van der Waals surface area contributed by atoms with Gasteiger partial charge in [0.2, 0.25) is 0 Å². The van der Waals surface area contributed by atoms with Crippen molar-refractivity contribution in [3.8, 4) is 23.2 Å². The highest BCUT2D eigenvalue weighted by Gasteiger charge is 2.37. The molecule has 1 fully saturated rings. The van der Waals surface area contributed by atoms with Gasteiger partial charge >= 0.3 is 5.97 Å². The van der Waals surface area contributed by atoms with Crippen molar-refractivity contribution >= 4 is 5.97 Å². The number of benzene rings is 1. The van der Waals surface area contributed by atoms with Crippen molar-refractivity contribution in [2.75, 3.05) is 0 Å². The Morgan fingerprint density at radius 3 is 2.23 bits per heavy atom. The lowest BCUT2D eigenvalue weighted by Gasteiger charge is -2.34. The first kappa shape index (κ1) is 26.9. The minimum absolute atomic E-state index is 0.125. The normalized spacial score (nSPS) is 19.7. The van der Waals surface area contributed by atoms with Gasteiger partial charge in [-0.2, -0.15) is 5.26 Å². The van der Waals surface area contributed by atoms with Crippen LogP contribution in [-0.4, -0.2) is 15.9 Å². The van der Waals surface area contributed by atoms with Gasteiger partial charge in [0, 0.05) is 18.0 Å². The van der Waals surface area contributed by atoms with Gasteiger partial charge in [0.25, 0.3) is 0 Å². The second kappa shape index (κ2) is 14.0. The van der Waals surface area contributed by atoms with E-state index in [-0.39, 0.29) is 17.3 Å². The van der Waals surface area contributed by atoms with Gasteiger partial charge in [-0.15, -0.1) is 0 Å². The summed E-state index contributed by atoms with van der Waals surface area (Å²) >= 11 is 0. The Morgan fingerprint density at radius 1 is 0.971 bits per heavy atom. The van der Waals surface area contributed by atoms with Crippen LogP contribution in [0.25, 0.3) is 11.4 Å². The number of unbranched alkanes of at least 4 members (excludes halogenated alkanes) is 6. The SMILES string of the molecule is CCCCCCC[C@]1(C#N)CC[C@H](C(=O)Oc2ccc(-c3ncc(CCCCC)cn3)cc2)CC1. The van der Waals surface area contributed by atoms with Crippen molar-refractivity contribution in [1.29, 1.82) is 5.26 Å². The van der Waals surface area contributed by atoms with E-state index >= 15 is 0 Å². The van der Waals surface area contributed by atoms with Gasteiger partial charge in [0.05, 0.1) is 17.4 Å². The summed E-state index contributed by atoms with van der Waals surface area (Å²) in [6.07, 6.45) is 18.5. The quantitative estimate of drug-likeness (QED) is 0.167. The maximum absolute atomic E-state index is 12.8. The molecule has 188 valence electrons. The van der Waals surface area contributed by atoms with E-state index < -0.39 is 0 Å². The number of rotatable bonds is 13. The van der Waals surface area contributed by atoms with Gasteiger partial charge in [-0.25, -0.2) is 9.97 Å². The topological polar surface area (TPSA) is 75.9 Å². The number of nitriles is 1. The number of carbonyl (C=O) groups is 1. The first-order chi connectivity index (χ1) is 17.1. The highest BCUT2D eigenvalue weighted by Crippen LogP contribution is 2.42. The lowest BCUT2D eigenvalue weighted by atomic mass is 9.69. The van der Waals surface area contributed by atoms with Crippen LogP contribution in [-0.2, 0) is 11.2 Å². The summed E-state index contributed by atoms with van der Waals surface area (Å²) in [5, 5.41) is 9.81. The molecule has 1 aromatic heterocycles. The number of nitrogens with zero attached hydrogens (tertiary/aromatic N) is 3. The molecule has 0 atom stereocenters. The average Bonchev–Trinajstić information content (AvgIpc) is 2.90. The van der Waals surface area contributed by atoms with Crippen molar-refractivity contribution in [3.05, 3.63) is 42.2 Å². The summed E-state index contributed by atoms with van der Waals surface area (Å²) in [5.74, 6) is 0.916. The van der Waals surface area contributed by atoms with Crippen LogP contribution >= 0.6 is 0 Å². The maximum atomic E-state index is 12.8. The lowest BCUT2D eigenvalue weighted by molar-refractivity contribution is -0.140. The zero-order chi connectivity index (χ0) is 24.9. The highest BCUT2D eigenvalue weighted by atomic mass is 16.5. The predicted molar refractivity (Wildman–Crippen MR) is 140 cm³/mol. The summed E-state index contributed by atoms with van der Waals surface area (Å²) < 4.78 is 5.68. The number of aromatic nitrogens is 2. The first-order valence-electron chi connectivity index (χ1n) is 13.6. The van der Waals surface area contributed by atoms with Crippen molar-refractivity contribution in [3.63, 3.8) is 0 Å². The molecule has 0 saturated heterocycles. The molecular formula is C30H41N3O2. The molecule has 0 amide bonds. The Labute approximate surface area is 211 Å². The minimum atomic E-state index is -0.254. The Hall–Kier alpha value is -2.74. The van der Waals surface area contributed by atoms with E-state index in [2.05, 4.69) is 29.9 Å². The molecule has 1 saturated carbocycles. The molecule has 0 unspecified atom stereocenters. The molecule has 2 aromatic rings. The minimum Gasteiger partial charge on any atom is -0.426 e. The van der Waals surface area contributed by atoms with E-state index in [4.69, 9.17) is 4.74 Å². The molecule has 0 aliphatic heterocycles. The Balaban J connectivity index is 1.47. The summed E-state index contributed by atoms with van der Waals surface area (Å²) in [6, 6.07) is 10.0. The summed E-state index contributed by atoms with van der Waals surface area (Å²) in [7, 11) is 0. The molecule has 5 heteroatoms. The van der Waals surface area contributed by atoms with Crippen LogP contribution in [0.1, 0.15) is 103 Å². The van der Waals surface area contributed by atoms with E-state index in [0.717, 1.165) is 62.5 Å². The Kier molecular flexibility index (Phi) is 10.7. The third-order valence-electron chi connectivity index (χ3n) is 7.38. The third kappa shape index (κ3) is 8.16. The average molecular weight is 476 g/mol. The number of hydrogen-bond donors (Lipinski definition) is 0. The van der Waals surface area contributed by atoms with E-state index in [0.29, 0.717) is 11.6 Å². The van der Waals surface area contributed by atoms with Crippen molar-refractivity contribution in [2.45, 2.75) is 104 Å². The van der Waals surface area contributed by atoms with Crippen LogP contribution in [0.15, 0.2) is 36.7 Å². The van der Waals surface area contributed by atoms with Crippen molar-refractivity contribution in [1.82, 2.24) is 9.97 Å². The van der Waals surface area contributed by atoms with Crippen LogP contribution in [0, 0.1) is 22.7 Å². The van der Waals surface area contributed by atoms with Gasteiger partial charge in [-0.3, -0.25) is 4.79 Å². The molecule has 0 bridgehead atoms. The molecule has 1 aromatic carbocycles. The molecule has 1 heterocycles. The standard InChI is InChI=1S/C30H41N3O2/c1-3-5-7-8-10-18-30(23-31)19-16-26(17-20-30)29(34)35-27-14-12-25(13-15-27)28-32-21-24(22-33-28)11-9-6-4-2/h12-15,21-22,26H,3-11,16-20H2,1-2H3/t26-,30-. The Bertz CT molecular complexity index is 939. The first-order valence-corrected chi connectivity index (χ1v) is 13.6. The van der Waals surface area contributed by atoms with Gasteiger partial charge < -0.3 is 4.74 Å². The summed E-state index contributed by atoms with van der Waals surface area (Å²) in [5.41, 5.74) is 1.81. The van der Waals surface area contributed by atoms with E-state index in [1.165, 1.54) is 38.5 Å². The molecule has 0 radical (unpaired) electrons. The van der Waals surface area contributed by atoms with E-state index in [1.54, 1.807) is 0 Å². The molecular weight excluding hydrogens is 434 g/mol. The van der Waals surface area contributed by atoms with Crippen LogP contribution in [0.2, 0.25) is 0 Å². The smallest absolute Gasteiger partial charge is 0.314 e. The molecule has 5 nitrogen and oxygen atoms in total.